The molecule has 0 bridgehead atoms. The van der Waals surface area contributed by atoms with Gasteiger partial charge in [-0.15, -0.1) is 0 Å². The molecule has 5 amide bonds. The highest BCUT2D eigenvalue weighted by atomic mass is 16.6. The summed E-state index contributed by atoms with van der Waals surface area (Å²) in [5.74, 6) is -1.41. The first-order valence-corrected chi connectivity index (χ1v) is 18.4. The number of benzene rings is 2. The van der Waals surface area contributed by atoms with Crippen LogP contribution in [0.15, 0.2) is 42.5 Å². The van der Waals surface area contributed by atoms with Crippen LogP contribution >= 0.6 is 0 Å². The molecule has 16 heteroatoms. The first kappa shape index (κ1) is 40.4. The molecule has 0 radical (unpaired) electrons. The molecule has 2 fully saturated rings. The molecule has 2 aromatic rings. The van der Waals surface area contributed by atoms with Crippen LogP contribution in [0.5, 0.6) is 5.75 Å². The fraction of sp³-hybridized carbons (Fsp3) is 0.553. The van der Waals surface area contributed by atoms with Crippen molar-refractivity contribution < 1.29 is 52.4 Å². The largest absolute Gasteiger partial charge is 0.491 e. The Bertz CT molecular complexity index is 1610. The Morgan fingerprint density at radius 1 is 0.778 bits per heavy atom. The van der Waals surface area contributed by atoms with E-state index in [0.717, 1.165) is 29.4 Å². The van der Waals surface area contributed by atoms with Gasteiger partial charge in [0.25, 0.3) is 11.8 Å². The van der Waals surface area contributed by atoms with Crippen LogP contribution in [0.1, 0.15) is 54.3 Å². The highest BCUT2D eigenvalue weighted by Gasteiger charge is 2.45. The molecule has 2 aromatic carbocycles. The Morgan fingerprint density at radius 3 is 2.00 bits per heavy atom. The Morgan fingerprint density at radius 2 is 1.39 bits per heavy atom. The first-order valence-electron chi connectivity index (χ1n) is 18.4. The van der Waals surface area contributed by atoms with Crippen LogP contribution in [0.25, 0.3) is 0 Å². The van der Waals surface area contributed by atoms with Crippen molar-refractivity contribution >= 4 is 41.1 Å². The van der Waals surface area contributed by atoms with Crippen molar-refractivity contribution in [2.45, 2.75) is 45.3 Å². The van der Waals surface area contributed by atoms with Crippen LogP contribution in [-0.2, 0) is 33.3 Å². The van der Waals surface area contributed by atoms with E-state index in [9.17, 15) is 24.0 Å². The quantitative estimate of drug-likeness (QED) is 0.159. The van der Waals surface area contributed by atoms with E-state index in [-0.39, 0.29) is 30.1 Å². The number of hydrogen-bond donors (Lipinski definition) is 2. The second-order valence-electron chi connectivity index (χ2n) is 13.8. The van der Waals surface area contributed by atoms with Gasteiger partial charge in [0, 0.05) is 50.5 Å². The van der Waals surface area contributed by atoms with Gasteiger partial charge in [-0.05, 0) is 63.6 Å². The van der Waals surface area contributed by atoms with Crippen LogP contribution in [0, 0.1) is 0 Å². The summed E-state index contributed by atoms with van der Waals surface area (Å²) in [5.41, 5.74) is 1.49. The third-order valence-electron chi connectivity index (χ3n) is 8.78. The molecule has 3 aliphatic heterocycles. The number of fused-ring (bicyclic) bond motifs is 1. The summed E-state index contributed by atoms with van der Waals surface area (Å²) in [6.07, 6.45) is -0.101. The summed E-state index contributed by atoms with van der Waals surface area (Å²) >= 11 is 0. The number of piperazine rings is 1. The average Bonchev–Trinajstić information content (AvgIpc) is 3.40. The Hall–Kier alpha value is -4.77. The smallest absolute Gasteiger partial charge is 0.410 e. The van der Waals surface area contributed by atoms with E-state index in [2.05, 4.69) is 15.5 Å². The van der Waals surface area contributed by atoms with Crippen LogP contribution in [0.3, 0.4) is 0 Å². The monoisotopic (exact) mass is 753 g/mol. The van der Waals surface area contributed by atoms with Crippen LogP contribution in [-0.4, -0.2) is 143 Å². The molecule has 294 valence electrons. The van der Waals surface area contributed by atoms with Gasteiger partial charge in [-0.1, -0.05) is 6.07 Å². The van der Waals surface area contributed by atoms with Crippen molar-refractivity contribution in [1.29, 1.82) is 0 Å². The van der Waals surface area contributed by atoms with E-state index >= 15 is 0 Å². The lowest BCUT2D eigenvalue weighted by atomic mass is 10.0. The Labute approximate surface area is 315 Å². The van der Waals surface area contributed by atoms with Gasteiger partial charge in [0.2, 0.25) is 11.8 Å². The lowest BCUT2D eigenvalue weighted by Crippen LogP contribution is -2.54. The molecule has 2 N–H and O–H groups in total. The maximum atomic E-state index is 13.2. The van der Waals surface area contributed by atoms with Gasteiger partial charge in [-0.3, -0.25) is 29.4 Å². The zero-order valence-electron chi connectivity index (χ0n) is 31.3. The fourth-order valence-corrected chi connectivity index (χ4v) is 6.13. The van der Waals surface area contributed by atoms with Crippen molar-refractivity contribution in [2.24, 2.45) is 0 Å². The van der Waals surface area contributed by atoms with Crippen molar-refractivity contribution in [3.05, 3.63) is 53.6 Å². The van der Waals surface area contributed by atoms with E-state index in [1.54, 1.807) is 23.1 Å². The number of nitrogens with one attached hydrogen (secondary N) is 2. The Balaban J connectivity index is 0.837. The SMILES string of the molecule is CC(C)(C)OC(=O)N1CCN(c2ccc(OCCOCCOCCOCCOCCNc3cccc4c3C(=O)N(C3CCC(=O)NC3=O)C4=O)cc2)CC1. The number of rotatable bonds is 19. The van der Waals surface area contributed by atoms with E-state index in [1.807, 2.05) is 45.0 Å². The number of carbonyl (C=O) groups is 5. The second-order valence-corrected chi connectivity index (χ2v) is 13.8. The van der Waals surface area contributed by atoms with Crippen LogP contribution in [0.2, 0.25) is 0 Å². The highest BCUT2D eigenvalue weighted by molar-refractivity contribution is 6.25. The summed E-state index contributed by atoms with van der Waals surface area (Å²) in [5, 5.41) is 5.34. The van der Waals surface area contributed by atoms with E-state index < -0.39 is 35.3 Å². The van der Waals surface area contributed by atoms with Crippen molar-refractivity contribution in [3.63, 3.8) is 0 Å². The second kappa shape index (κ2) is 19.5. The molecule has 1 unspecified atom stereocenters. The van der Waals surface area contributed by atoms with Gasteiger partial charge in [0.1, 0.15) is 24.0 Å². The number of imide groups is 2. The molecular weight excluding hydrogens is 702 g/mol. The molecule has 3 aliphatic rings. The number of piperidine rings is 1. The van der Waals surface area contributed by atoms with Crippen LogP contribution in [0.4, 0.5) is 16.2 Å². The predicted octanol–water partition coefficient (Wildman–Crippen LogP) is 2.70. The summed E-state index contributed by atoms with van der Waals surface area (Å²) in [6.45, 7) is 12.4. The molecule has 3 heterocycles. The van der Waals surface area contributed by atoms with Gasteiger partial charge in [0.05, 0.1) is 64.0 Å². The minimum atomic E-state index is -1.01. The lowest BCUT2D eigenvalue weighted by molar-refractivity contribution is -0.136. The van der Waals surface area contributed by atoms with E-state index in [0.29, 0.717) is 84.8 Å². The van der Waals surface area contributed by atoms with Gasteiger partial charge in [-0.2, -0.15) is 0 Å². The third kappa shape index (κ3) is 11.4. The zero-order chi connectivity index (χ0) is 38.5. The van der Waals surface area contributed by atoms with Crippen LogP contribution < -0.4 is 20.3 Å². The number of nitrogens with zero attached hydrogens (tertiary/aromatic N) is 3. The van der Waals surface area contributed by atoms with E-state index in [1.165, 1.54) is 0 Å². The fourth-order valence-electron chi connectivity index (χ4n) is 6.13. The summed E-state index contributed by atoms with van der Waals surface area (Å²) in [7, 11) is 0. The number of amides is 5. The summed E-state index contributed by atoms with van der Waals surface area (Å²) in [4.78, 5) is 67.2. The number of carbonyl (C=O) groups excluding carboxylic acids is 5. The van der Waals surface area contributed by atoms with Crippen molar-refractivity contribution in [3.8, 4) is 5.75 Å². The van der Waals surface area contributed by atoms with Crippen molar-refractivity contribution in [1.82, 2.24) is 15.1 Å². The first-order chi connectivity index (χ1) is 26.0. The zero-order valence-corrected chi connectivity index (χ0v) is 31.3. The normalized spacial score (nSPS) is 17.5. The highest BCUT2D eigenvalue weighted by Crippen LogP contribution is 2.32. The maximum Gasteiger partial charge on any atom is 0.410 e. The third-order valence-corrected chi connectivity index (χ3v) is 8.78. The topological polar surface area (TPSA) is 175 Å². The molecule has 16 nitrogen and oxygen atoms in total. The lowest BCUT2D eigenvalue weighted by Gasteiger charge is -2.36. The molecule has 54 heavy (non-hydrogen) atoms. The number of hydrogen-bond acceptors (Lipinski definition) is 13. The predicted molar refractivity (Wildman–Crippen MR) is 197 cm³/mol. The molecular formula is C38H51N5O11. The minimum Gasteiger partial charge on any atom is -0.491 e. The number of ether oxygens (including phenoxy) is 6. The van der Waals surface area contributed by atoms with E-state index in [4.69, 9.17) is 28.4 Å². The molecule has 0 aliphatic carbocycles. The Kier molecular flexibility index (Phi) is 14.6. The molecule has 0 spiro atoms. The van der Waals surface area contributed by atoms with Gasteiger partial charge in [0.15, 0.2) is 0 Å². The summed E-state index contributed by atoms with van der Waals surface area (Å²) < 4.78 is 33.6. The van der Waals surface area contributed by atoms with Gasteiger partial charge < -0.3 is 43.5 Å². The van der Waals surface area contributed by atoms with Gasteiger partial charge in [-0.25, -0.2) is 4.79 Å². The average molecular weight is 754 g/mol. The molecule has 1 atom stereocenters. The molecule has 0 saturated carbocycles. The molecule has 2 saturated heterocycles. The summed E-state index contributed by atoms with van der Waals surface area (Å²) in [6, 6.07) is 11.8. The minimum absolute atomic E-state index is 0.0647. The van der Waals surface area contributed by atoms with Crippen molar-refractivity contribution in [2.75, 3.05) is 102 Å². The maximum absolute atomic E-state index is 13.2. The number of anilines is 2. The molecule has 5 rings (SSSR count). The standard InChI is InChI=1S/C38H51N5O11/c1-38(2,3)54-37(48)42-16-14-41(15-17-42)27-7-9-28(10-8-27)53-26-25-52-24-23-51-22-21-50-20-19-49-18-13-39-30-6-4-5-29-33(30)36(47)43(35(29)46)31-11-12-32(44)40-34(31)45/h4-10,31,39H,11-26H2,1-3H3,(H,40,44,45). The molecule has 0 aromatic heterocycles. The van der Waals surface area contributed by atoms with Gasteiger partial charge >= 0.3 is 6.09 Å².